The minimum atomic E-state index is -3.84. The van der Waals surface area contributed by atoms with Gasteiger partial charge in [0.05, 0.1) is 4.90 Å². The van der Waals surface area contributed by atoms with Gasteiger partial charge in [0.2, 0.25) is 0 Å². The number of anilines is 1. The van der Waals surface area contributed by atoms with Crippen LogP contribution in [0.25, 0.3) is 0 Å². The summed E-state index contributed by atoms with van der Waals surface area (Å²) in [6.07, 6.45) is 0. The van der Waals surface area contributed by atoms with E-state index >= 15 is 0 Å². The van der Waals surface area contributed by atoms with Gasteiger partial charge in [0, 0.05) is 36.8 Å². The van der Waals surface area contributed by atoms with E-state index in [1.54, 1.807) is 12.1 Å². The van der Waals surface area contributed by atoms with E-state index in [0.717, 1.165) is 19.2 Å². The second-order valence-corrected chi connectivity index (χ2v) is 7.98. The first-order chi connectivity index (χ1) is 12.3. The number of hydrogen-bond donors (Lipinski definition) is 3. The van der Waals surface area contributed by atoms with Gasteiger partial charge < -0.3 is 10.6 Å². The van der Waals surface area contributed by atoms with Gasteiger partial charge in [-0.15, -0.1) is 12.4 Å². The van der Waals surface area contributed by atoms with E-state index in [1.165, 1.54) is 31.2 Å². The lowest BCUT2D eigenvalue weighted by Crippen LogP contribution is -2.48. The summed E-state index contributed by atoms with van der Waals surface area (Å²) in [5.74, 6) is -0.223. The highest BCUT2D eigenvalue weighted by Gasteiger charge is 2.19. The number of hydrogen-bond acceptors (Lipinski definition) is 4. The van der Waals surface area contributed by atoms with E-state index in [0.29, 0.717) is 29.3 Å². The van der Waals surface area contributed by atoms with Crippen molar-refractivity contribution in [2.24, 2.45) is 5.92 Å². The first-order valence-corrected chi connectivity index (χ1v) is 9.71. The quantitative estimate of drug-likeness (QED) is 0.678. The summed E-state index contributed by atoms with van der Waals surface area (Å²) in [6.45, 7) is 3.96. The van der Waals surface area contributed by atoms with Gasteiger partial charge >= 0.3 is 0 Å². The summed E-state index contributed by atoms with van der Waals surface area (Å²) >= 11 is 0. The lowest BCUT2D eigenvalue weighted by atomic mass is 10.0. The average Bonchev–Trinajstić information content (AvgIpc) is 2.53. The van der Waals surface area contributed by atoms with Crippen molar-refractivity contribution in [3.63, 3.8) is 0 Å². The maximum absolute atomic E-state index is 13.2. The van der Waals surface area contributed by atoms with Crippen molar-refractivity contribution in [1.82, 2.24) is 10.6 Å². The Bertz CT molecular complexity index is 916. The fraction of sp³-hybridized carbons (Fsp3) is 0.278. The fourth-order valence-electron chi connectivity index (χ4n) is 2.65. The van der Waals surface area contributed by atoms with Crippen LogP contribution in [-0.4, -0.2) is 34.0 Å². The molecule has 9 heteroatoms. The number of halogens is 2. The minimum absolute atomic E-state index is 0. The summed E-state index contributed by atoms with van der Waals surface area (Å²) in [5.41, 5.74) is 1.10. The van der Waals surface area contributed by atoms with Crippen LogP contribution in [-0.2, 0) is 10.0 Å². The van der Waals surface area contributed by atoms with E-state index in [9.17, 15) is 17.6 Å². The second kappa shape index (κ2) is 8.69. The number of carbonyl (C=O) groups is 1. The molecule has 27 heavy (non-hydrogen) atoms. The van der Waals surface area contributed by atoms with Crippen molar-refractivity contribution in [1.29, 1.82) is 0 Å². The molecule has 1 aliphatic rings. The molecule has 1 heterocycles. The van der Waals surface area contributed by atoms with Crippen LogP contribution in [0, 0.1) is 18.7 Å². The molecular formula is C18H21ClFN3O3S. The number of rotatable bonds is 6. The molecule has 1 saturated heterocycles. The number of aryl methyl sites for hydroxylation is 1. The Morgan fingerprint density at radius 2 is 1.85 bits per heavy atom. The summed E-state index contributed by atoms with van der Waals surface area (Å²) in [6, 6.07) is 9.66. The Morgan fingerprint density at radius 3 is 2.41 bits per heavy atom. The standard InChI is InChI=1S/C18H20FN3O3S.ClH/c1-12-8-15(19)4-7-17(12)26(24,25)22-16-5-2-14(3-6-16)18(23)21-11-13-9-20-10-13;/h2-8,13,20,22H,9-11H2,1H3,(H,21,23);1H. The zero-order valence-corrected chi connectivity index (χ0v) is 16.3. The molecular weight excluding hydrogens is 393 g/mol. The van der Waals surface area contributed by atoms with Gasteiger partial charge in [0.15, 0.2) is 0 Å². The Kier molecular flexibility index (Phi) is 6.80. The van der Waals surface area contributed by atoms with Crippen LogP contribution in [0.3, 0.4) is 0 Å². The SMILES string of the molecule is Cc1cc(F)ccc1S(=O)(=O)Nc1ccc(C(=O)NCC2CNC2)cc1.Cl. The smallest absolute Gasteiger partial charge is 0.262 e. The van der Waals surface area contributed by atoms with E-state index in [-0.39, 0.29) is 23.2 Å². The van der Waals surface area contributed by atoms with Crippen LogP contribution in [0.5, 0.6) is 0 Å². The Hall–Kier alpha value is -2.16. The highest BCUT2D eigenvalue weighted by atomic mass is 35.5. The molecule has 1 amide bonds. The van der Waals surface area contributed by atoms with E-state index < -0.39 is 15.8 Å². The molecule has 0 aromatic heterocycles. The zero-order valence-electron chi connectivity index (χ0n) is 14.7. The molecule has 2 aromatic carbocycles. The molecule has 1 aliphatic heterocycles. The van der Waals surface area contributed by atoms with Crippen LogP contribution in [0.1, 0.15) is 15.9 Å². The van der Waals surface area contributed by atoms with Gasteiger partial charge in [0.25, 0.3) is 15.9 Å². The number of sulfonamides is 1. The highest BCUT2D eigenvalue weighted by molar-refractivity contribution is 7.92. The highest BCUT2D eigenvalue weighted by Crippen LogP contribution is 2.20. The van der Waals surface area contributed by atoms with E-state index in [4.69, 9.17) is 0 Å². The van der Waals surface area contributed by atoms with Crippen molar-refractivity contribution < 1.29 is 17.6 Å². The first-order valence-electron chi connectivity index (χ1n) is 8.23. The first kappa shape index (κ1) is 21.1. The molecule has 3 N–H and O–H groups in total. The molecule has 6 nitrogen and oxygen atoms in total. The van der Waals surface area contributed by atoms with Gasteiger partial charge in [-0.1, -0.05) is 0 Å². The van der Waals surface area contributed by atoms with Gasteiger partial charge in [-0.25, -0.2) is 12.8 Å². The van der Waals surface area contributed by atoms with Crippen LogP contribution in [0.4, 0.5) is 10.1 Å². The third kappa shape index (κ3) is 5.18. The number of benzene rings is 2. The van der Waals surface area contributed by atoms with Crippen molar-refractivity contribution in [3.05, 3.63) is 59.4 Å². The third-order valence-electron chi connectivity index (χ3n) is 4.24. The van der Waals surface area contributed by atoms with Crippen molar-refractivity contribution in [2.45, 2.75) is 11.8 Å². The topological polar surface area (TPSA) is 87.3 Å². The molecule has 1 fully saturated rings. The fourth-order valence-corrected chi connectivity index (χ4v) is 3.93. The lowest BCUT2D eigenvalue weighted by Gasteiger charge is -2.27. The average molecular weight is 414 g/mol. The Balaban J connectivity index is 0.00000261. The molecule has 0 spiro atoms. The number of nitrogens with one attached hydrogen (secondary N) is 3. The van der Waals surface area contributed by atoms with Gasteiger partial charge in [-0.05, 0) is 55.0 Å². The Morgan fingerprint density at radius 1 is 1.19 bits per heavy atom. The van der Waals surface area contributed by atoms with Gasteiger partial charge in [-0.3, -0.25) is 9.52 Å². The molecule has 0 bridgehead atoms. The molecule has 0 radical (unpaired) electrons. The molecule has 146 valence electrons. The monoisotopic (exact) mass is 413 g/mol. The van der Waals surface area contributed by atoms with Crippen LogP contribution in [0.2, 0.25) is 0 Å². The third-order valence-corrected chi connectivity index (χ3v) is 5.78. The minimum Gasteiger partial charge on any atom is -0.352 e. The summed E-state index contributed by atoms with van der Waals surface area (Å²) in [7, 11) is -3.84. The molecule has 3 rings (SSSR count). The summed E-state index contributed by atoms with van der Waals surface area (Å²) in [5, 5.41) is 5.99. The summed E-state index contributed by atoms with van der Waals surface area (Å²) < 4.78 is 40.5. The van der Waals surface area contributed by atoms with Crippen LogP contribution >= 0.6 is 12.4 Å². The van der Waals surface area contributed by atoms with E-state index in [1.807, 2.05) is 0 Å². The molecule has 2 aromatic rings. The molecule has 0 atom stereocenters. The zero-order chi connectivity index (χ0) is 18.7. The van der Waals surface area contributed by atoms with Crippen LogP contribution < -0.4 is 15.4 Å². The molecule has 0 saturated carbocycles. The van der Waals surface area contributed by atoms with Crippen molar-refractivity contribution in [2.75, 3.05) is 24.4 Å². The van der Waals surface area contributed by atoms with Crippen LogP contribution in [0.15, 0.2) is 47.4 Å². The second-order valence-electron chi connectivity index (χ2n) is 6.33. The number of amides is 1. The molecule has 0 aliphatic carbocycles. The van der Waals surface area contributed by atoms with Gasteiger partial charge in [-0.2, -0.15) is 0 Å². The van der Waals surface area contributed by atoms with Gasteiger partial charge in [0.1, 0.15) is 5.82 Å². The van der Waals surface area contributed by atoms with Crippen molar-refractivity contribution in [3.8, 4) is 0 Å². The Labute approximate surface area is 164 Å². The maximum atomic E-state index is 13.2. The predicted octanol–water partition coefficient (Wildman–Crippen LogP) is 2.31. The lowest BCUT2D eigenvalue weighted by molar-refractivity contribution is 0.0942. The number of carbonyl (C=O) groups excluding carboxylic acids is 1. The largest absolute Gasteiger partial charge is 0.352 e. The maximum Gasteiger partial charge on any atom is 0.262 e. The van der Waals surface area contributed by atoms with Crippen molar-refractivity contribution >= 4 is 34.0 Å². The molecule has 0 unspecified atom stereocenters. The van der Waals surface area contributed by atoms with E-state index in [2.05, 4.69) is 15.4 Å². The summed E-state index contributed by atoms with van der Waals surface area (Å²) in [4.78, 5) is 12.1. The normalized spacial score (nSPS) is 14.0. The predicted molar refractivity (Wildman–Crippen MR) is 104 cm³/mol.